The third-order valence-electron chi connectivity index (χ3n) is 5.86. The Morgan fingerprint density at radius 3 is 2.73 bits per heavy atom. The first-order chi connectivity index (χ1) is 15.9. The molecule has 0 N–H and O–H groups in total. The highest BCUT2D eigenvalue weighted by Gasteiger charge is 2.33. The number of thioether (sulfide) groups is 2. The first kappa shape index (κ1) is 23.1. The lowest BCUT2D eigenvalue weighted by Gasteiger charge is -2.36. The summed E-state index contributed by atoms with van der Waals surface area (Å²) in [7, 11) is 1.40. The number of morpholine rings is 1. The van der Waals surface area contributed by atoms with Crippen LogP contribution in [0.3, 0.4) is 0 Å². The average Bonchev–Trinajstić information content (AvgIpc) is 3.20. The molecule has 1 fully saturated rings. The van der Waals surface area contributed by atoms with Crippen molar-refractivity contribution in [3.05, 3.63) is 11.1 Å². The molecular formula is C22H26N4O4S3. The van der Waals surface area contributed by atoms with E-state index in [1.54, 1.807) is 11.3 Å². The van der Waals surface area contributed by atoms with Crippen molar-refractivity contribution < 1.29 is 19.0 Å². The van der Waals surface area contributed by atoms with Gasteiger partial charge in [0.2, 0.25) is 0 Å². The number of hydrogen-bond acceptors (Lipinski definition) is 11. The Hall–Kier alpha value is -1.66. The van der Waals surface area contributed by atoms with Gasteiger partial charge in [0.1, 0.15) is 15.7 Å². The van der Waals surface area contributed by atoms with E-state index in [9.17, 15) is 4.79 Å². The van der Waals surface area contributed by atoms with Crippen molar-refractivity contribution >= 4 is 67.1 Å². The number of pyridine rings is 1. The van der Waals surface area contributed by atoms with Gasteiger partial charge in [-0.1, -0.05) is 23.5 Å². The quantitative estimate of drug-likeness (QED) is 0.220. The summed E-state index contributed by atoms with van der Waals surface area (Å²) in [6, 6.07) is 0. The van der Waals surface area contributed by atoms with Crippen molar-refractivity contribution in [3.63, 3.8) is 0 Å². The normalized spacial score (nSPS) is 18.0. The van der Waals surface area contributed by atoms with E-state index in [1.807, 2.05) is 6.26 Å². The van der Waals surface area contributed by atoms with Gasteiger partial charge in [-0.25, -0.2) is 15.0 Å². The summed E-state index contributed by atoms with van der Waals surface area (Å²) in [5.41, 5.74) is 3.06. The first-order valence-electron chi connectivity index (χ1n) is 10.8. The smallest absolute Gasteiger partial charge is 0.316 e. The number of rotatable bonds is 5. The van der Waals surface area contributed by atoms with E-state index in [1.165, 1.54) is 36.2 Å². The van der Waals surface area contributed by atoms with E-state index in [2.05, 4.69) is 18.7 Å². The summed E-state index contributed by atoms with van der Waals surface area (Å²) < 4.78 is 17.6. The molecule has 0 radical (unpaired) electrons. The summed E-state index contributed by atoms with van der Waals surface area (Å²) in [4.78, 5) is 29.8. The molecule has 1 saturated heterocycles. The maximum Gasteiger partial charge on any atom is 0.316 e. The molecule has 0 unspecified atom stereocenters. The molecule has 33 heavy (non-hydrogen) atoms. The molecule has 0 atom stereocenters. The van der Waals surface area contributed by atoms with E-state index in [0.29, 0.717) is 25.0 Å². The van der Waals surface area contributed by atoms with Crippen LogP contribution in [0.1, 0.15) is 25.0 Å². The number of carbonyl (C=O) groups is 1. The number of fused-ring (bicyclic) bond motifs is 5. The van der Waals surface area contributed by atoms with Gasteiger partial charge in [-0.15, -0.1) is 11.3 Å². The van der Waals surface area contributed by atoms with Gasteiger partial charge in [-0.3, -0.25) is 4.79 Å². The van der Waals surface area contributed by atoms with Crippen LogP contribution in [-0.4, -0.2) is 71.9 Å². The Balaban J connectivity index is 1.74. The second kappa shape index (κ2) is 9.18. The van der Waals surface area contributed by atoms with E-state index < -0.39 is 0 Å². The fraction of sp³-hybridized carbons (Fsp3) is 0.545. The highest BCUT2D eigenvalue weighted by molar-refractivity contribution is 8.00. The van der Waals surface area contributed by atoms with Gasteiger partial charge in [0.15, 0.2) is 5.16 Å². The van der Waals surface area contributed by atoms with Crippen molar-refractivity contribution in [2.24, 2.45) is 0 Å². The van der Waals surface area contributed by atoms with Gasteiger partial charge in [0.05, 0.1) is 48.5 Å². The summed E-state index contributed by atoms with van der Waals surface area (Å²) in [5.74, 6) is 0.920. The number of carbonyl (C=O) groups excluding carboxylic acids is 1. The van der Waals surface area contributed by atoms with E-state index in [0.717, 1.165) is 56.4 Å². The summed E-state index contributed by atoms with van der Waals surface area (Å²) in [5, 5.41) is 2.58. The molecule has 176 valence electrons. The zero-order valence-corrected chi connectivity index (χ0v) is 21.5. The minimum atomic E-state index is -0.275. The third-order valence-corrected chi connectivity index (χ3v) is 8.57. The number of aromatic nitrogens is 3. The number of anilines is 1. The minimum Gasteiger partial charge on any atom is -0.468 e. The minimum absolute atomic E-state index is 0.204. The Morgan fingerprint density at radius 1 is 1.21 bits per heavy atom. The number of esters is 1. The van der Waals surface area contributed by atoms with Gasteiger partial charge in [-0.05, 0) is 25.7 Å². The van der Waals surface area contributed by atoms with Crippen LogP contribution >= 0.6 is 34.9 Å². The van der Waals surface area contributed by atoms with Crippen LogP contribution in [-0.2, 0) is 32.0 Å². The van der Waals surface area contributed by atoms with E-state index in [-0.39, 0.29) is 17.3 Å². The van der Waals surface area contributed by atoms with Crippen LogP contribution in [0.4, 0.5) is 5.82 Å². The lowest BCUT2D eigenvalue weighted by molar-refractivity contribution is -0.137. The predicted molar refractivity (Wildman–Crippen MR) is 133 cm³/mol. The van der Waals surface area contributed by atoms with Crippen LogP contribution in [0.2, 0.25) is 0 Å². The molecule has 0 spiro atoms. The molecule has 0 bridgehead atoms. The lowest BCUT2D eigenvalue weighted by Crippen LogP contribution is -2.39. The largest absolute Gasteiger partial charge is 0.468 e. The average molecular weight is 507 g/mol. The van der Waals surface area contributed by atoms with Crippen molar-refractivity contribution in [2.75, 3.05) is 50.3 Å². The Labute approximate surface area is 204 Å². The Bertz CT molecular complexity index is 1220. The first-order valence-corrected chi connectivity index (χ1v) is 13.8. The van der Waals surface area contributed by atoms with Crippen LogP contribution in [0.25, 0.3) is 20.4 Å². The second-order valence-corrected chi connectivity index (χ2v) is 11.3. The van der Waals surface area contributed by atoms with Crippen molar-refractivity contribution in [2.45, 2.75) is 42.7 Å². The molecule has 2 aliphatic heterocycles. The highest BCUT2D eigenvalue weighted by Crippen LogP contribution is 2.45. The molecule has 3 aromatic heterocycles. The van der Waals surface area contributed by atoms with Crippen LogP contribution in [0.15, 0.2) is 10.2 Å². The maximum absolute atomic E-state index is 11.8. The molecule has 5 rings (SSSR count). The molecular weight excluding hydrogens is 480 g/mol. The highest BCUT2D eigenvalue weighted by atomic mass is 32.2. The molecule has 0 amide bonds. The number of thiophene rings is 1. The fourth-order valence-electron chi connectivity index (χ4n) is 4.22. The second-order valence-electron chi connectivity index (χ2n) is 8.56. The van der Waals surface area contributed by atoms with Crippen molar-refractivity contribution in [1.29, 1.82) is 0 Å². The molecule has 2 aliphatic rings. The molecule has 0 saturated carbocycles. The molecule has 11 heteroatoms. The van der Waals surface area contributed by atoms with Gasteiger partial charge in [0.25, 0.3) is 0 Å². The van der Waals surface area contributed by atoms with Crippen LogP contribution in [0, 0.1) is 0 Å². The van der Waals surface area contributed by atoms with Crippen molar-refractivity contribution in [3.8, 4) is 0 Å². The zero-order chi connectivity index (χ0) is 23.2. The lowest BCUT2D eigenvalue weighted by atomic mass is 9.90. The van der Waals surface area contributed by atoms with Crippen LogP contribution < -0.4 is 4.90 Å². The fourth-order valence-corrected chi connectivity index (χ4v) is 6.72. The monoisotopic (exact) mass is 506 g/mol. The van der Waals surface area contributed by atoms with Crippen molar-refractivity contribution in [1.82, 2.24) is 15.0 Å². The van der Waals surface area contributed by atoms with Gasteiger partial charge in [0, 0.05) is 30.5 Å². The molecule has 0 aromatic carbocycles. The summed E-state index contributed by atoms with van der Waals surface area (Å²) >= 11 is 4.49. The number of hydrogen-bond donors (Lipinski definition) is 0. The predicted octanol–water partition coefficient (Wildman–Crippen LogP) is 3.91. The van der Waals surface area contributed by atoms with Gasteiger partial charge in [-0.2, -0.15) is 0 Å². The van der Waals surface area contributed by atoms with E-state index in [4.69, 9.17) is 29.2 Å². The number of ether oxygens (including phenoxy) is 3. The molecule has 5 heterocycles. The van der Waals surface area contributed by atoms with E-state index >= 15 is 0 Å². The van der Waals surface area contributed by atoms with Gasteiger partial charge >= 0.3 is 5.97 Å². The maximum atomic E-state index is 11.8. The summed E-state index contributed by atoms with van der Waals surface area (Å²) in [6.07, 6.45) is 2.75. The number of nitrogens with zero attached hydrogens (tertiary/aromatic N) is 4. The standard InChI is InChI=1S/C22H26N4O4S3/c1-22(2)9-12-13(10-30-22)18(26-5-7-29-8-6-26)24-19-15(12)16-17(33-19)20(25-21(23-16)31-4)32-11-14(27)28-3/h5-11H2,1-4H3. The Morgan fingerprint density at radius 2 is 2.00 bits per heavy atom. The molecule has 3 aromatic rings. The SMILES string of the molecule is COC(=O)CSc1nc(SC)nc2c1sc1nc(N3CCOCC3)c3c(c12)CC(C)(C)OC3. The molecule has 8 nitrogen and oxygen atoms in total. The van der Waals surface area contributed by atoms with Crippen LogP contribution in [0.5, 0.6) is 0 Å². The zero-order valence-electron chi connectivity index (χ0n) is 19.1. The summed E-state index contributed by atoms with van der Waals surface area (Å²) in [6.45, 7) is 7.82. The number of methoxy groups -OCH3 is 1. The molecule has 0 aliphatic carbocycles. The topological polar surface area (TPSA) is 86.7 Å². The Kier molecular flexibility index (Phi) is 6.43. The van der Waals surface area contributed by atoms with Gasteiger partial charge < -0.3 is 19.1 Å². The third kappa shape index (κ3) is 4.41.